The molecule has 0 bridgehead atoms. The molecule has 0 radical (unpaired) electrons. The van der Waals surface area contributed by atoms with Crippen molar-refractivity contribution in [1.29, 1.82) is 0 Å². The Labute approximate surface area is 108 Å². The summed E-state index contributed by atoms with van der Waals surface area (Å²) in [6.07, 6.45) is 2.12. The molecule has 2 heterocycles. The standard InChI is InChI=1S/C12H14N2O3S/c1-8-7-18-11(14-8)2-3-13-5-10-4-9(6-17-10)12(15)16/h4,6-7,13H,2-3,5H2,1H3,(H,15,16). The minimum Gasteiger partial charge on any atom is -0.478 e. The van der Waals surface area contributed by atoms with Crippen LogP contribution < -0.4 is 5.32 Å². The molecule has 0 saturated carbocycles. The first-order chi connectivity index (χ1) is 8.65. The summed E-state index contributed by atoms with van der Waals surface area (Å²) >= 11 is 1.65. The fraction of sp³-hybridized carbons (Fsp3) is 0.333. The number of aromatic carboxylic acids is 1. The second-order valence-corrected chi connectivity index (χ2v) is 4.86. The van der Waals surface area contributed by atoms with E-state index >= 15 is 0 Å². The van der Waals surface area contributed by atoms with Crippen LogP contribution >= 0.6 is 11.3 Å². The zero-order valence-electron chi connectivity index (χ0n) is 9.97. The van der Waals surface area contributed by atoms with E-state index in [0.29, 0.717) is 12.3 Å². The van der Waals surface area contributed by atoms with Crippen molar-refractivity contribution in [2.24, 2.45) is 0 Å². The van der Waals surface area contributed by atoms with E-state index in [1.165, 1.54) is 12.3 Å². The first-order valence-electron chi connectivity index (χ1n) is 5.57. The molecule has 2 N–H and O–H groups in total. The molecular weight excluding hydrogens is 252 g/mol. The van der Waals surface area contributed by atoms with E-state index in [1.807, 2.05) is 12.3 Å². The second-order valence-electron chi connectivity index (χ2n) is 3.92. The van der Waals surface area contributed by atoms with Crippen LogP contribution in [-0.4, -0.2) is 22.6 Å². The number of carbonyl (C=O) groups is 1. The van der Waals surface area contributed by atoms with Crippen molar-refractivity contribution in [2.45, 2.75) is 19.9 Å². The first-order valence-corrected chi connectivity index (χ1v) is 6.45. The molecule has 96 valence electrons. The number of aromatic nitrogens is 1. The van der Waals surface area contributed by atoms with Crippen LogP contribution in [-0.2, 0) is 13.0 Å². The molecule has 0 aliphatic carbocycles. The number of carboxylic acids is 1. The molecule has 0 spiro atoms. The number of nitrogens with one attached hydrogen (secondary N) is 1. The van der Waals surface area contributed by atoms with Gasteiger partial charge in [0.1, 0.15) is 12.0 Å². The van der Waals surface area contributed by atoms with E-state index in [1.54, 1.807) is 11.3 Å². The van der Waals surface area contributed by atoms with Crippen molar-refractivity contribution >= 4 is 17.3 Å². The molecule has 0 unspecified atom stereocenters. The maximum atomic E-state index is 10.6. The van der Waals surface area contributed by atoms with Gasteiger partial charge in [-0.1, -0.05) is 0 Å². The van der Waals surface area contributed by atoms with Gasteiger partial charge in [0.05, 0.1) is 17.1 Å². The Morgan fingerprint density at radius 2 is 2.44 bits per heavy atom. The Hall–Kier alpha value is -1.66. The molecule has 0 aliphatic rings. The highest BCUT2D eigenvalue weighted by atomic mass is 32.1. The Bertz CT molecular complexity index is 533. The first kappa shape index (κ1) is 12.8. The van der Waals surface area contributed by atoms with Gasteiger partial charge in [-0.15, -0.1) is 11.3 Å². The summed E-state index contributed by atoms with van der Waals surface area (Å²) in [5.74, 6) is -0.342. The molecule has 2 rings (SSSR count). The molecule has 6 heteroatoms. The van der Waals surface area contributed by atoms with Crippen LogP contribution in [0.15, 0.2) is 22.1 Å². The molecule has 0 fully saturated rings. The Balaban J connectivity index is 1.73. The third-order valence-electron chi connectivity index (χ3n) is 2.38. The molecule has 0 aliphatic heterocycles. The monoisotopic (exact) mass is 266 g/mol. The molecule has 0 amide bonds. The fourth-order valence-electron chi connectivity index (χ4n) is 1.51. The maximum absolute atomic E-state index is 10.6. The predicted octanol–water partition coefficient (Wildman–Crippen LogP) is 2.08. The normalized spacial score (nSPS) is 10.7. The lowest BCUT2D eigenvalue weighted by molar-refractivity contribution is 0.0696. The third kappa shape index (κ3) is 3.41. The zero-order chi connectivity index (χ0) is 13.0. The van der Waals surface area contributed by atoms with Crippen molar-refractivity contribution in [3.8, 4) is 0 Å². The Morgan fingerprint density at radius 3 is 3.06 bits per heavy atom. The average molecular weight is 266 g/mol. The van der Waals surface area contributed by atoms with Crippen LogP contribution in [0.5, 0.6) is 0 Å². The minimum absolute atomic E-state index is 0.183. The van der Waals surface area contributed by atoms with Gasteiger partial charge >= 0.3 is 5.97 Å². The molecule has 18 heavy (non-hydrogen) atoms. The number of hydrogen-bond donors (Lipinski definition) is 2. The van der Waals surface area contributed by atoms with E-state index in [-0.39, 0.29) is 5.56 Å². The lowest BCUT2D eigenvalue weighted by Gasteiger charge is -1.99. The van der Waals surface area contributed by atoms with Gasteiger partial charge in [-0.25, -0.2) is 9.78 Å². The third-order valence-corrected chi connectivity index (χ3v) is 3.41. The van der Waals surface area contributed by atoms with E-state index in [0.717, 1.165) is 23.7 Å². The van der Waals surface area contributed by atoms with Gasteiger partial charge in [-0.2, -0.15) is 0 Å². The number of furan rings is 1. The highest BCUT2D eigenvalue weighted by molar-refractivity contribution is 7.09. The summed E-state index contributed by atoms with van der Waals surface area (Å²) in [6, 6.07) is 1.53. The zero-order valence-corrected chi connectivity index (χ0v) is 10.8. The minimum atomic E-state index is -0.969. The maximum Gasteiger partial charge on any atom is 0.338 e. The topological polar surface area (TPSA) is 75.4 Å². The summed E-state index contributed by atoms with van der Waals surface area (Å²) < 4.78 is 5.13. The molecular formula is C12H14N2O3S. The Morgan fingerprint density at radius 1 is 1.61 bits per heavy atom. The van der Waals surface area contributed by atoms with Gasteiger partial charge in [-0.3, -0.25) is 0 Å². The van der Waals surface area contributed by atoms with Gasteiger partial charge in [0.2, 0.25) is 0 Å². The lowest BCUT2D eigenvalue weighted by atomic mass is 10.3. The van der Waals surface area contributed by atoms with Crippen molar-refractivity contribution in [2.75, 3.05) is 6.54 Å². The molecule has 0 atom stereocenters. The fourth-order valence-corrected chi connectivity index (χ4v) is 2.29. The van der Waals surface area contributed by atoms with Crippen LogP contribution in [0.4, 0.5) is 0 Å². The van der Waals surface area contributed by atoms with E-state index in [9.17, 15) is 4.79 Å². The van der Waals surface area contributed by atoms with Crippen LogP contribution in [0.2, 0.25) is 0 Å². The SMILES string of the molecule is Cc1csc(CCNCc2cc(C(=O)O)co2)n1. The number of carboxylic acid groups (broad SMARTS) is 1. The smallest absolute Gasteiger partial charge is 0.338 e. The van der Waals surface area contributed by atoms with Gasteiger partial charge in [0.25, 0.3) is 0 Å². The molecule has 2 aromatic heterocycles. The highest BCUT2D eigenvalue weighted by Crippen LogP contribution is 2.09. The second kappa shape index (κ2) is 5.79. The van der Waals surface area contributed by atoms with Crippen LogP contribution in [0.3, 0.4) is 0 Å². The summed E-state index contributed by atoms with van der Waals surface area (Å²) in [4.78, 5) is 15.0. The van der Waals surface area contributed by atoms with Crippen molar-refractivity contribution in [3.05, 3.63) is 39.7 Å². The molecule has 0 aromatic carbocycles. The summed E-state index contributed by atoms with van der Waals surface area (Å²) in [5, 5.41) is 15.1. The van der Waals surface area contributed by atoms with E-state index in [4.69, 9.17) is 9.52 Å². The van der Waals surface area contributed by atoms with Crippen molar-refractivity contribution in [3.63, 3.8) is 0 Å². The lowest BCUT2D eigenvalue weighted by Crippen LogP contribution is -2.16. The summed E-state index contributed by atoms with van der Waals surface area (Å²) in [5.41, 5.74) is 1.23. The summed E-state index contributed by atoms with van der Waals surface area (Å²) in [6.45, 7) is 3.29. The Kier molecular flexibility index (Phi) is 4.11. The summed E-state index contributed by atoms with van der Waals surface area (Å²) in [7, 11) is 0. The predicted molar refractivity (Wildman–Crippen MR) is 67.9 cm³/mol. The molecule has 0 saturated heterocycles. The largest absolute Gasteiger partial charge is 0.478 e. The average Bonchev–Trinajstić information content (AvgIpc) is 2.93. The van der Waals surface area contributed by atoms with Gasteiger partial charge < -0.3 is 14.8 Å². The molecule has 2 aromatic rings. The number of hydrogen-bond acceptors (Lipinski definition) is 5. The van der Waals surface area contributed by atoms with Crippen LogP contribution in [0.1, 0.15) is 26.8 Å². The number of thiazole rings is 1. The van der Waals surface area contributed by atoms with Gasteiger partial charge in [0, 0.05) is 24.0 Å². The van der Waals surface area contributed by atoms with Gasteiger partial charge in [0.15, 0.2) is 0 Å². The van der Waals surface area contributed by atoms with Crippen LogP contribution in [0.25, 0.3) is 0 Å². The number of aryl methyl sites for hydroxylation is 1. The van der Waals surface area contributed by atoms with Crippen molar-refractivity contribution in [1.82, 2.24) is 10.3 Å². The van der Waals surface area contributed by atoms with Crippen molar-refractivity contribution < 1.29 is 14.3 Å². The van der Waals surface area contributed by atoms with E-state index in [2.05, 4.69) is 10.3 Å². The number of rotatable bonds is 6. The molecule has 5 nitrogen and oxygen atoms in total. The number of nitrogens with zero attached hydrogens (tertiary/aromatic N) is 1. The highest BCUT2D eigenvalue weighted by Gasteiger charge is 2.07. The quantitative estimate of drug-likeness (QED) is 0.783. The van der Waals surface area contributed by atoms with Gasteiger partial charge in [-0.05, 0) is 13.0 Å². The van der Waals surface area contributed by atoms with Crippen LogP contribution in [0, 0.1) is 6.92 Å². The van der Waals surface area contributed by atoms with E-state index < -0.39 is 5.97 Å².